The van der Waals surface area contributed by atoms with Crippen LogP contribution in [0.5, 0.6) is 0 Å². The van der Waals surface area contributed by atoms with Crippen LogP contribution in [-0.2, 0) is 9.53 Å². The average Bonchev–Trinajstić information content (AvgIpc) is 1.65. The quantitative estimate of drug-likeness (QED) is 0.450. The zero-order valence-corrected chi connectivity index (χ0v) is 6.89. The van der Waals surface area contributed by atoms with Gasteiger partial charge in [-0.3, -0.25) is 0 Å². The molecule has 0 aliphatic carbocycles. The summed E-state index contributed by atoms with van der Waals surface area (Å²) < 4.78 is 4.44. The molecule has 0 spiro atoms. The van der Waals surface area contributed by atoms with Gasteiger partial charge in [0.2, 0.25) is 0 Å². The van der Waals surface area contributed by atoms with Crippen LogP contribution in [0.4, 0.5) is 0 Å². The number of methoxy groups -OCH3 is 1. The van der Waals surface area contributed by atoms with Crippen LogP contribution in [0.1, 0.15) is 6.92 Å². The van der Waals surface area contributed by atoms with E-state index in [1.165, 1.54) is 29.4 Å². The zero-order valence-electron chi connectivity index (χ0n) is 4.34. The van der Waals surface area contributed by atoms with Crippen LogP contribution in [0.25, 0.3) is 0 Å². The van der Waals surface area contributed by atoms with Gasteiger partial charge in [0, 0.05) is 0 Å². The van der Waals surface area contributed by atoms with Crippen LogP contribution in [0, 0.1) is 0 Å². The third-order valence-electron chi connectivity index (χ3n) is 0.542. The van der Waals surface area contributed by atoms with Gasteiger partial charge in [0.05, 0.1) is 0 Å². The Morgan fingerprint density at radius 1 is 1.86 bits per heavy atom. The molecule has 0 aromatic heterocycles. The summed E-state index contributed by atoms with van der Waals surface area (Å²) in [5.41, 5.74) is 0. The van der Waals surface area contributed by atoms with Crippen LogP contribution in [0.2, 0.25) is 3.97 Å². The van der Waals surface area contributed by atoms with E-state index in [-0.39, 0.29) is 9.94 Å². The summed E-state index contributed by atoms with van der Waals surface area (Å²) in [4.78, 5) is 10.3. The van der Waals surface area contributed by atoms with Gasteiger partial charge in [0.25, 0.3) is 0 Å². The topological polar surface area (TPSA) is 26.3 Å². The molecule has 0 amide bonds. The fraction of sp³-hybridized carbons (Fsp3) is 0.750. The van der Waals surface area contributed by atoms with Crippen LogP contribution in [-0.4, -0.2) is 35.4 Å². The molecule has 0 saturated carbocycles. The third-order valence-corrected chi connectivity index (χ3v) is 1.14. The first kappa shape index (κ1) is 7.26. The standard InChI is InChI=1S/C4H8O2Te/c1-3(7)4(5)6-2/h3,7H,1-2H3. The SMILES string of the molecule is COC(=O)C(C)[TeH]. The summed E-state index contributed by atoms with van der Waals surface area (Å²) >= 11 is 1.47. The maximum atomic E-state index is 10.3. The van der Waals surface area contributed by atoms with Crippen molar-refractivity contribution in [2.45, 2.75) is 10.9 Å². The maximum absolute atomic E-state index is 10.3. The Morgan fingerprint density at radius 3 is 2.29 bits per heavy atom. The summed E-state index contributed by atoms with van der Waals surface area (Å²) in [7, 11) is 1.40. The Hall–Kier alpha value is 0.260. The predicted molar refractivity (Wildman–Crippen MR) is 28.6 cm³/mol. The normalized spacial score (nSPS) is 13.0. The van der Waals surface area contributed by atoms with Gasteiger partial charge in [-0.2, -0.15) is 0 Å². The number of carbonyl (C=O) groups excluding carboxylic acids is 1. The number of ether oxygens (including phenoxy) is 1. The Morgan fingerprint density at radius 2 is 2.29 bits per heavy atom. The Balaban J connectivity index is 3.35. The molecule has 0 fully saturated rings. The molecule has 0 heterocycles. The van der Waals surface area contributed by atoms with Gasteiger partial charge in [0.15, 0.2) is 0 Å². The molecule has 0 aliphatic heterocycles. The molecule has 0 bridgehead atoms. The van der Waals surface area contributed by atoms with E-state index in [9.17, 15) is 4.79 Å². The second kappa shape index (κ2) is 3.29. The van der Waals surface area contributed by atoms with Crippen LogP contribution in [0.15, 0.2) is 0 Å². The zero-order chi connectivity index (χ0) is 5.86. The number of hydrogen-bond donors (Lipinski definition) is 0. The molecule has 2 nitrogen and oxygen atoms in total. The van der Waals surface area contributed by atoms with Gasteiger partial charge in [-0.15, -0.1) is 0 Å². The van der Waals surface area contributed by atoms with E-state index in [0.29, 0.717) is 0 Å². The summed E-state index contributed by atoms with van der Waals surface area (Å²) in [6.45, 7) is 1.82. The number of carbonyl (C=O) groups is 1. The molecule has 0 N–H and O–H groups in total. The second-order valence-electron chi connectivity index (χ2n) is 1.20. The van der Waals surface area contributed by atoms with E-state index >= 15 is 0 Å². The number of hydrogen-bond acceptors (Lipinski definition) is 2. The number of rotatable bonds is 1. The first-order valence-electron chi connectivity index (χ1n) is 1.94. The van der Waals surface area contributed by atoms with E-state index in [1.54, 1.807) is 0 Å². The fourth-order valence-electron chi connectivity index (χ4n) is 0.171. The minimum atomic E-state index is -0.131. The number of esters is 1. The molecular formula is C4H8O2Te. The van der Waals surface area contributed by atoms with Crippen molar-refractivity contribution in [3.8, 4) is 0 Å². The first-order valence-corrected chi connectivity index (χ1v) is 3.41. The predicted octanol–water partition coefficient (Wildman–Crippen LogP) is -0.131. The molecule has 0 radical (unpaired) electrons. The van der Waals surface area contributed by atoms with Gasteiger partial charge in [0.1, 0.15) is 0 Å². The summed E-state index contributed by atoms with van der Waals surface area (Å²) in [5, 5.41) is 0. The van der Waals surface area contributed by atoms with Crippen molar-refractivity contribution >= 4 is 28.3 Å². The van der Waals surface area contributed by atoms with Gasteiger partial charge >= 0.3 is 55.8 Å². The summed E-state index contributed by atoms with van der Waals surface area (Å²) in [6.07, 6.45) is 0. The molecule has 0 saturated heterocycles. The summed E-state index contributed by atoms with van der Waals surface area (Å²) in [5.74, 6) is -0.131. The summed E-state index contributed by atoms with van der Waals surface area (Å²) in [6, 6.07) is 0. The monoisotopic (exact) mass is 218 g/mol. The molecule has 1 atom stereocenters. The molecule has 0 aliphatic rings. The van der Waals surface area contributed by atoms with Crippen LogP contribution < -0.4 is 0 Å². The van der Waals surface area contributed by atoms with Gasteiger partial charge in [-0.25, -0.2) is 0 Å². The van der Waals surface area contributed by atoms with Crippen molar-refractivity contribution in [1.82, 2.24) is 0 Å². The van der Waals surface area contributed by atoms with Gasteiger partial charge < -0.3 is 0 Å². The van der Waals surface area contributed by atoms with E-state index in [0.717, 1.165) is 0 Å². The average molecular weight is 216 g/mol. The van der Waals surface area contributed by atoms with Crippen molar-refractivity contribution in [2.75, 3.05) is 7.11 Å². The molecule has 42 valence electrons. The second-order valence-corrected chi connectivity index (χ2v) is 3.41. The van der Waals surface area contributed by atoms with E-state index in [4.69, 9.17) is 0 Å². The molecular weight excluding hydrogens is 208 g/mol. The molecule has 7 heavy (non-hydrogen) atoms. The fourth-order valence-corrected chi connectivity index (χ4v) is 0.471. The van der Waals surface area contributed by atoms with Crippen molar-refractivity contribution in [3.63, 3.8) is 0 Å². The van der Waals surface area contributed by atoms with Crippen molar-refractivity contribution in [1.29, 1.82) is 0 Å². The van der Waals surface area contributed by atoms with E-state index in [2.05, 4.69) is 4.74 Å². The van der Waals surface area contributed by atoms with Crippen LogP contribution >= 0.6 is 0 Å². The van der Waals surface area contributed by atoms with Crippen LogP contribution in [0.3, 0.4) is 0 Å². The van der Waals surface area contributed by atoms with Crippen molar-refractivity contribution in [3.05, 3.63) is 0 Å². The van der Waals surface area contributed by atoms with E-state index < -0.39 is 0 Å². The van der Waals surface area contributed by atoms with Gasteiger partial charge in [-0.05, 0) is 0 Å². The first-order chi connectivity index (χ1) is 3.18. The Kier molecular flexibility index (Phi) is 3.41. The molecule has 1 unspecified atom stereocenters. The minimum absolute atomic E-state index is 0.0546. The third kappa shape index (κ3) is 2.90. The molecule has 0 aromatic carbocycles. The van der Waals surface area contributed by atoms with E-state index in [1.807, 2.05) is 6.92 Å². The van der Waals surface area contributed by atoms with Crippen molar-refractivity contribution < 1.29 is 9.53 Å². The van der Waals surface area contributed by atoms with Gasteiger partial charge in [-0.1, -0.05) is 0 Å². The molecule has 3 heteroatoms. The van der Waals surface area contributed by atoms with Crippen molar-refractivity contribution in [2.24, 2.45) is 0 Å². The Labute approximate surface area is 56.1 Å². The molecule has 0 rings (SSSR count). The Bertz CT molecular complexity index is 70.1. The molecule has 0 aromatic rings.